The highest BCUT2D eigenvalue weighted by Gasteiger charge is 2.25. The van der Waals surface area contributed by atoms with Crippen molar-refractivity contribution in [2.45, 2.75) is 71.1 Å². The minimum absolute atomic E-state index is 0.0840. The van der Waals surface area contributed by atoms with Gasteiger partial charge in [0.15, 0.2) is 6.10 Å². The van der Waals surface area contributed by atoms with Gasteiger partial charge >= 0.3 is 18.2 Å². The van der Waals surface area contributed by atoms with Gasteiger partial charge in [-0.2, -0.15) is 13.2 Å². The number of amides is 1. The van der Waals surface area contributed by atoms with Gasteiger partial charge in [0.25, 0.3) is 0 Å². The van der Waals surface area contributed by atoms with Gasteiger partial charge in [-0.25, -0.2) is 9.59 Å². The Morgan fingerprint density at radius 3 is 2.26 bits per heavy atom. The molecule has 1 N–H and O–H groups in total. The third kappa shape index (κ3) is 13.3. The van der Waals surface area contributed by atoms with E-state index in [1.807, 2.05) is 6.92 Å². The molecular formula is C24H36F3NO6. The number of nitrogens with zero attached hydrogens (tertiary/aromatic N) is 1. The Balaban J connectivity index is 2.49. The van der Waals surface area contributed by atoms with Crippen LogP contribution in [0.5, 0.6) is 5.75 Å². The van der Waals surface area contributed by atoms with Crippen LogP contribution in [0.1, 0.15) is 57.9 Å². The molecule has 1 aromatic rings. The highest BCUT2D eigenvalue weighted by Crippen LogP contribution is 2.23. The second-order valence-electron chi connectivity index (χ2n) is 7.86. The van der Waals surface area contributed by atoms with Crippen LogP contribution in [0.2, 0.25) is 0 Å². The molecule has 0 saturated heterocycles. The highest BCUT2D eigenvalue weighted by atomic mass is 19.4. The van der Waals surface area contributed by atoms with Gasteiger partial charge < -0.3 is 24.2 Å². The Kier molecular flexibility index (Phi) is 14.1. The molecule has 194 valence electrons. The van der Waals surface area contributed by atoms with Gasteiger partial charge in [0.05, 0.1) is 13.2 Å². The first-order valence-corrected chi connectivity index (χ1v) is 11.7. The van der Waals surface area contributed by atoms with Crippen LogP contribution in [0.3, 0.4) is 0 Å². The quantitative estimate of drug-likeness (QED) is 0.291. The minimum Gasteiger partial charge on any atom is -0.492 e. The van der Waals surface area contributed by atoms with Crippen molar-refractivity contribution in [1.29, 1.82) is 0 Å². The molecule has 0 saturated carbocycles. The Labute approximate surface area is 199 Å². The van der Waals surface area contributed by atoms with Gasteiger partial charge in [-0.1, -0.05) is 31.9 Å². The van der Waals surface area contributed by atoms with Crippen LogP contribution in [0.25, 0.3) is 0 Å². The van der Waals surface area contributed by atoms with Crippen molar-refractivity contribution >= 4 is 12.1 Å². The summed E-state index contributed by atoms with van der Waals surface area (Å²) < 4.78 is 52.8. The zero-order chi connectivity index (χ0) is 25.4. The Bertz CT molecular complexity index is 712. The van der Waals surface area contributed by atoms with Crippen LogP contribution in [-0.4, -0.2) is 67.3 Å². The SMILES string of the molecule is CCCOC(=O)N(CCCCCCC(F)(F)F)CCOc1ccc(CC(OCC)C(=O)O)cc1. The lowest BCUT2D eigenvalue weighted by molar-refractivity contribution is -0.150. The first-order valence-electron chi connectivity index (χ1n) is 11.7. The van der Waals surface area contributed by atoms with E-state index in [1.165, 1.54) is 4.90 Å². The maximum absolute atomic E-state index is 12.3. The number of halogens is 3. The lowest BCUT2D eigenvalue weighted by Crippen LogP contribution is -2.36. The fourth-order valence-corrected chi connectivity index (χ4v) is 3.18. The second-order valence-corrected chi connectivity index (χ2v) is 7.86. The summed E-state index contributed by atoms with van der Waals surface area (Å²) in [5.74, 6) is -0.446. The number of unbranched alkanes of at least 4 members (excludes halogenated alkanes) is 3. The second kappa shape index (κ2) is 16.2. The molecule has 0 aliphatic rings. The van der Waals surface area contributed by atoms with E-state index in [0.29, 0.717) is 51.2 Å². The van der Waals surface area contributed by atoms with Crippen molar-refractivity contribution in [2.24, 2.45) is 0 Å². The van der Waals surface area contributed by atoms with E-state index in [-0.39, 0.29) is 26.0 Å². The first kappa shape index (κ1) is 29.5. The maximum atomic E-state index is 12.3. The first-order chi connectivity index (χ1) is 16.2. The number of hydrogen-bond acceptors (Lipinski definition) is 5. The van der Waals surface area contributed by atoms with Crippen LogP contribution >= 0.6 is 0 Å². The van der Waals surface area contributed by atoms with E-state index in [2.05, 4.69) is 0 Å². The molecule has 0 spiro atoms. The number of carboxylic acid groups (broad SMARTS) is 1. The molecule has 1 aromatic carbocycles. The summed E-state index contributed by atoms with van der Waals surface area (Å²) in [4.78, 5) is 25.0. The number of benzene rings is 1. The van der Waals surface area contributed by atoms with Crippen molar-refractivity contribution in [2.75, 3.05) is 32.9 Å². The zero-order valence-corrected chi connectivity index (χ0v) is 19.9. The van der Waals surface area contributed by atoms with E-state index in [1.54, 1.807) is 31.2 Å². The Morgan fingerprint density at radius 2 is 1.68 bits per heavy atom. The molecule has 1 rings (SSSR count). The van der Waals surface area contributed by atoms with E-state index in [4.69, 9.17) is 14.2 Å². The Hall–Kier alpha value is -2.49. The average Bonchev–Trinajstić information content (AvgIpc) is 2.78. The van der Waals surface area contributed by atoms with Crippen molar-refractivity contribution in [3.63, 3.8) is 0 Å². The normalized spacial score (nSPS) is 12.3. The molecule has 34 heavy (non-hydrogen) atoms. The number of alkyl halides is 3. The molecule has 1 atom stereocenters. The number of rotatable bonds is 17. The molecule has 0 bridgehead atoms. The summed E-state index contributed by atoms with van der Waals surface area (Å²) in [7, 11) is 0. The molecular weight excluding hydrogens is 455 g/mol. The summed E-state index contributed by atoms with van der Waals surface area (Å²) in [6, 6.07) is 6.97. The van der Waals surface area contributed by atoms with Crippen LogP contribution < -0.4 is 4.74 Å². The van der Waals surface area contributed by atoms with Gasteiger partial charge in [0.2, 0.25) is 0 Å². The van der Waals surface area contributed by atoms with E-state index in [9.17, 15) is 27.9 Å². The lowest BCUT2D eigenvalue weighted by Gasteiger charge is -2.22. The zero-order valence-electron chi connectivity index (χ0n) is 19.9. The topological polar surface area (TPSA) is 85.3 Å². The predicted octanol–water partition coefficient (Wildman–Crippen LogP) is 5.46. The fraction of sp³-hybridized carbons (Fsp3) is 0.667. The van der Waals surface area contributed by atoms with Gasteiger partial charge in [-0.3, -0.25) is 0 Å². The summed E-state index contributed by atoms with van der Waals surface area (Å²) in [5, 5.41) is 9.19. The van der Waals surface area contributed by atoms with Gasteiger partial charge in [0.1, 0.15) is 12.4 Å². The molecule has 7 nitrogen and oxygen atoms in total. The molecule has 0 fully saturated rings. The molecule has 0 heterocycles. The number of carbonyl (C=O) groups is 2. The monoisotopic (exact) mass is 491 g/mol. The smallest absolute Gasteiger partial charge is 0.409 e. The van der Waals surface area contributed by atoms with Crippen LogP contribution in [0.15, 0.2) is 24.3 Å². The maximum Gasteiger partial charge on any atom is 0.409 e. The number of carboxylic acids is 1. The standard InChI is InChI=1S/C24H36F3NO6/c1-3-16-34-23(31)28(14-8-6-5-7-13-24(25,26)27)15-17-33-20-11-9-19(10-12-20)18-21(22(29)30)32-4-2/h9-12,21H,3-8,13-18H2,1-2H3,(H,29,30). The lowest BCUT2D eigenvalue weighted by atomic mass is 10.1. The van der Waals surface area contributed by atoms with Crippen LogP contribution in [0, 0.1) is 0 Å². The van der Waals surface area contributed by atoms with Crippen LogP contribution in [0.4, 0.5) is 18.0 Å². The van der Waals surface area contributed by atoms with E-state index in [0.717, 1.165) is 5.56 Å². The van der Waals surface area contributed by atoms with Crippen LogP contribution in [-0.2, 0) is 20.7 Å². The molecule has 1 unspecified atom stereocenters. The van der Waals surface area contributed by atoms with Crippen molar-refractivity contribution in [1.82, 2.24) is 4.90 Å². The van der Waals surface area contributed by atoms with Gasteiger partial charge in [0, 0.05) is 26.0 Å². The molecule has 1 amide bonds. The molecule has 0 aliphatic carbocycles. The minimum atomic E-state index is -4.13. The third-order valence-electron chi connectivity index (χ3n) is 4.94. The van der Waals surface area contributed by atoms with Gasteiger partial charge in [-0.05, 0) is 43.9 Å². The Morgan fingerprint density at radius 1 is 1.00 bits per heavy atom. The molecule has 10 heteroatoms. The third-order valence-corrected chi connectivity index (χ3v) is 4.94. The average molecular weight is 492 g/mol. The van der Waals surface area contributed by atoms with Crippen molar-refractivity contribution in [3.8, 4) is 5.75 Å². The van der Waals surface area contributed by atoms with Crippen molar-refractivity contribution in [3.05, 3.63) is 29.8 Å². The summed E-state index contributed by atoms with van der Waals surface area (Å²) in [6.07, 6.45) is -3.66. The van der Waals surface area contributed by atoms with Gasteiger partial charge in [-0.15, -0.1) is 0 Å². The van der Waals surface area contributed by atoms with Crippen molar-refractivity contribution < 1.29 is 42.1 Å². The summed E-state index contributed by atoms with van der Waals surface area (Å²) in [5.41, 5.74) is 0.795. The highest BCUT2D eigenvalue weighted by molar-refractivity contribution is 5.72. The summed E-state index contributed by atoms with van der Waals surface area (Å²) >= 11 is 0. The molecule has 0 aromatic heterocycles. The number of ether oxygens (including phenoxy) is 3. The number of hydrogen-bond donors (Lipinski definition) is 1. The molecule has 0 aliphatic heterocycles. The number of carbonyl (C=O) groups excluding carboxylic acids is 1. The largest absolute Gasteiger partial charge is 0.492 e. The fourth-order valence-electron chi connectivity index (χ4n) is 3.18. The summed E-state index contributed by atoms with van der Waals surface area (Å²) in [6.45, 7) is 5.10. The molecule has 0 radical (unpaired) electrons. The van der Waals surface area contributed by atoms with E-state index < -0.39 is 30.8 Å². The predicted molar refractivity (Wildman–Crippen MR) is 121 cm³/mol. The number of aliphatic carboxylic acids is 1. The van der Waals surface area contributed by atoms with E-state index >= 15 is 0 Å².